The lowest BCUT2D eigenvalue weighted by molar-refractivity contribution is -0.0349. The topological polar surface area (TPSA) is 92.5 Å². The number of morpholine rings is 1. The number of ether oxygens (including phenoxy) is 1. The lowest BCUT2D eigenvalue weighted by atomic mass is 10.0. The van der Waals surface area contributed by atoms with Crippen LogP contribution in [0.1, 0.15) is 46.0 Å². The number of benzene rings is 1. The van der Waals surface area contributed by atoms with E-state index < -0.39 is 0 Å². The average Bonchev–Trinajstić information content (AvgIpc) is 3.09. The molecule has 1 saturated heterocycles. The van der Waals surface area contributed by atoms with Gasteiger partial charge in [0.05, 0.1) is 35.7 Å². The van der Waals surface area contributed by atoms with Crippen LogP contribution < -0.4 is 5.32 Å². The molecule has 0 unspecified atom stereocenters. The molecule has 0 radical (unpaired) electrons. The van der Waals surface area contributed by atoms with Crippen LogP contribution in [0.4, 0.5) is 0 Å². The Morgan fingerprint density at radius 2 is 2.12 bits per heavy atom. The number of pyridine rings is 1. The second-order valence-corrected chi connectivity index (χ2v) is 8.15. The summed E-state index contributed by atoms with van der Waals surface area (Å²) in [7, 11) is 0. The predicted molar refractivity (Wildman–Crippen MR) is 123 cm³/mol. The molecule has 1 atom stereocenters. The Balaban J connectivity index is 1.60. The standard InChI is InChI=1S/C24H31N5O3/c1-4-29-17(3)20(16(2)27-29)14-28-10-12-32-23(15-28)22-13-19(24(31)25-9-11-30)18-7-5-6-8-21(18)26-22/h5-8,13,23,30H,4,9-12,14-15H2,1-3H3,(H,25,31)/t23-/m0/s1. The molecule has 1 aliphatic rings. The molecule has 1 amide bonds. The van der Waals surface area contributed by atoms with Crippen molar-refractivity contribution >= 4 is 16.8 Å². The quantitative estimate of drug-likeness (QED) is 0.590. The summed E-state index contributed by atoms with van der Waals surface area (Å²) in [6.07, 6.45) is -0.223. The van der Waals surface area contributed by atoms with Crippen molar-refractivity contribution in [3.8, 4) is 0 Å². The summed E-state index contributed by atoms with van der Waals surface area (Å²) >= 11 is 0. The first-order valence-electron chi connectivity index (χ1n) is 11.2. The van der Waals surface area contributed by atoms with Crippen molar-refractivity contribution in [3.05, 3.63) is 58.5 Å². The number of nitrogens with zero attached hydrogens (tertiary/aromatic N) is 4. The Hall–Kier alpha value is -2.81. The van der Waals surface area contributed by atoms with Gasteiger partial charge in [0.1, 0.15) is 6.10 Å². The Labute approximate surface area is 188 Å². The van der Waals surface area contributed by atoms with Crippen molar-refractivity contribution in [2.45, 2.75) is 40.0 Å². The normalized spacial score (nSPS) is 17.1. The number of aliphatic hydroxyl groups excluding tert-OH is 1. The average molecular weight is 438 g/mol. The number of aliphatic hydroxyl groups is 1. The molecule has 8 nitrogen and oxygen atoms in total. The van der Waals surface area contributed by atoms with E-state index in [1.807, 2.05) is 35.0 Å². The first-order valence-corrected chi connectivity index (χ1v) is 11.2. The van der Waals surface area contributed by atoms with Gasteiger partial charge in [-0.25, -0.2) is 4.98 Å². The fourth-order valence-electron chi connectivity index (χ4n) is 4.33. The largest absolute Gasteiger partial charge is 0.395 e. The highest BCUT2D eigenvalue weighted by Gasteiger charge is 2.26. The number of aryl methyl sites for hydroxylation is 2. The summed E-state index contributed by atoms with van der Waals surface area (Å²) in [5, 5.41) is 17.3. The number of nitrogens with one attached hydrogen (secondary N) is 1. The van der Waals surface area contributed by atoms with Crippen molar-refractivity contribution < 1.29 is 14.6 Å². The van der Waals surface area contributed by atoms with Crippen LogP contribution in [-0.4, -0.2) is 63.5 Å². The third-order valence-corrected chi connectivity index (χ3v) is 6.07. The number of para-hydroxylation sites is 1. The van der Waals surface area contributed by atoms with Gasteiger partial charge in [-0.3, -0.25) is 14.4 Å². The molecule has 3 heterocycles. The fraction of sp³-hybridized carbons (Fsp3) is 0.458. The van der Waals surface area contributed by atoms with Crippen molar-refractivity contribution in [3.63, 3.8) is 0 Å². The highest BCUT2D eigenvalue weighted by Crippen LogP contribution is 2.27. The monoisotopic (exact) mass is 437 g/mol. The van der Waals surface area contributed by atoms with Crippen LogP contribution >= 0.6 is 0 Å². The number of amides is 1. The van der Waals surface area contributed by atoms with Crippen molar-refractivity contribution in [2.75, 3.05) is 32.8 Å². The van der Waals surface area contributed by atoms with Crippen LogP contribution in [-0.2, 0) is 17.8 Å². The van der Waals surface area contributed by atoms with Crippen LogP contribution in [0.15, 0.2) is 30.3 Å². The van der Waals surface area contributed by atoms with Crippen LogP contribution in [0.5, 0.6) is 0 Å². The van der Waals surface area contributed by atoms with E-state index in [1.165, 1.54) is 11.3 Å². The van der Waals surface area contributed by atoms with Gasteiger partial charge in [-0.2, -0.15) is 5.10 Å². The van der Waals surface area contributed by atoms with Crippen LogP contribution in [0.2, 0.25) is 0 Å². The minimum absolute atomic E-state index is 0.101. The molecule has 1 aliphatic heterocycles. The second kappa shape index (κ2) is 9.77. The van der Waals surface area contributed by atoms with Gasteiger partial charge >= 0.3 is 0 Å². The maximum atomic E-state index is 12.8. The van der Waals surface area contributed by atoms with Gasteiger partial charge in [0.15, 0.2) is 0 Å². The van der Waals surface area contributed by atoms with Gasteiger partial charge in [-0.15, -0.1) is 0 Å². The number of carbonyl (C=O) groups excluding carboxylic acids is 1. The predicted octanol–water partition coefficient (Wildman–Crippen LogP) is 2.36. The Morgan fingerprint density at radius 3 is 2.88 bits per heavy atom. The molecule has 4 rings (SSSR count). The lowest BCUT2D eigenvalue weighted by Crippen LogP contribution is -2.38. The summed E-state index contributed by atoms with van der Waals surface area (Å²) in [6, 6.07) is 9.44. The zero-order chi connectivity index (χ0) is 22.7. The molecule has 1 fully saturated rings. The highest BCUT2D eigenvalue weighted by molar-refractivity contribution is 6.06. The van der Waals surface area contributed by atoms with Crippen LogP contribution in [0.3, 0.4) is 0 Å². The smallest absolute Gasteiger partial charge is 0.252 e. The molecule has 32 heavy (non-hydrogen) atoms. The number of hydrogen-bond acceptors (Lipinski definition) is 6. The SMILES string of the molecule is CCn1nc(C)c(CN2CCO[C@H](c3cc(C(=O)NCCO)c4ccccc4n3)C2)c1C. The van der Waals surface area contributed by atoms with E-state index in [0.29, 0.717) is 18.7 Å². The molecule has 2 N–H and O–H groups in total. The third-order valence-electron chi connectivity index (χ3n) is 6.07. The van der Waals surface area contributed by atoms with Crippen molar-refractivity contribution in [1.29, 1.82) is 0 Å². The molecule has 0 bridgehead atoms. The molecule has 0 spiro atoms. The maximum Gasteiger partial charge on any atom is 0.252 e. The Kier molecular flexibility index (Phi) is 6.83. The first kappa shape index (κ1) is 22.4. The highest BCUT2D eigenvalue weighted by atomic mass is 16.5. The molecule has 0 saturated carbocycles. The number of carbonyl (C=O) groups is 1. The van der Waals surface area contributed by atoms with Gasteiger partial charge in [0.2, 0.25) is 0 Å². The van der Waals surface area contributed by atoms with E-state index in [-0.39, 0.29) is 25.2 Å². The van der Waals surface area contributed by atoms with Crippen molar-refractivity contribution in [1.82, 2.24) is 25.0 Å². The molecular weight excluding hydrogens is 406 g/mol. The molecule has 2 aromatic heterocycles. The summed E-state index contributed by atoms with van der Waals surface area (Å²) < 4.78 is 8.13. The lowest BCUT2D eigenvalue weighted by Gasteiger charge is -2.33. The van der Waals surface area contributed by atoms with Gasteiger partial charge in [-0.1, -0.05) is 18.2 Å². The van der Waals surface area contributed by atoms with Crippen LogP contribution in [0, 0.1) is 13.8 Å². The van der Waals surface area contributed by atoms with E-state index in [4.69, 9.17) is 14.8 Å². The second-order valence-electron chi connectivity index (χ2n) is 8.15. The fourth-order valence-corrected chi connectivity index (χ4v) is 4.33. The van der Waals surface area contributed by atoms with Gasteiger partial charge < -0.3 is 15.2 Å². The van der Waals surface area contributed by atoms with Gasteiger partial charge in [0.25, 0.3) is 5.91 Å². The van der Waals surface area contributed by atoms with E-state index in [1.54, 1.807) is 0 Å². The number of hydrogen-bond donors (Lipinski definition) is 2. The molecule has 1 aromatic carbocycles. The molecule has 0 aliphatic carbocycles. The zero-order valence-corrected chi connectivity index (χ0v) is 19.0. The van der Waals surface area contributed by atoms with E-state index >= 15 is 0 Å². The van der Waals surface area contributed by atoms with E-state index in [0.717, 1.165) is 41.9 Å². The minimum atomic E-state index is -0.223. The molecule has 170 valence electrons. The van der Waals surface area contributed by atoms with Gasteiger partial charge in [0, 0.05) is 49.4 Å². The number of rotatable bonds is 7. The third kappa shape index (κ3) is 4.53. The van der Waals surface area contributed by atoms with Gasteiger partial charge in [-0.05, 0) is 32.9 Å². The summed E-state index contributed by atoms with van der Waals surface area (Å²) in [5.41, 5.74) is 5.61. The van der Waals surface area contributed by atoms with Crippen LogP contribution in [0.25, 0.3) is 10.9 Å². The van der Waals surface area contributed by atoms with E-state index in [9.17, 15) is 4.79 Å². The molecule has 8 heteroatoms. The number of aromatic nitrogens is 3. The summed E-state index contributed by atoms with van der Waals surface area (Å²) in [6.45, 7) is 10.2. The Bertz CT molecular complexity index is 1110. The minimum Gasteiger partial charge on any atom is -0.395 e. The summed E-state index contributed by atoms with van der Waals surface area (Å²) in [4.78, 5) is 19.9. The zero-order valence-electron chi connectivity index (χ0n) is 19.0. The molecule has 3 aromatic rings. The number of fused-ring (bicyclic) bond motifs is 1. The Morgan fingerprint density at radius 1 is 1.31 bits per heavy atom. The maximum absolute atomic E-state index is 12.8. The summed E-state index contributed by atoms with van der Waals surface area (Å²) in [5.74, 6) is -0.218. The van der Waals surface area contributed by atoms with Crippen molar-refractivity contribution in [2.24, 2.45) is 0 Å². The molecular formula is C24H31N5O3. The first-order chi connectivity index (χ1) is 15.5. The van der Waals surface area contributed by atoms with E-state index in [2.05, 4.69) is 36.1 Å².